The van der Waals surface area contributed by atoms with Crippen molar-refractivity contribution in [2.45, 2.75) is 25.8 Å². The first kappa shape index (κ1) is 23.5. The van der Waals surface area contributed by atoms with Crippen molar-refractivity contribution in [3.05, 3.63) is 78.9 Å². The van der Waals surface area contributed by atoms with E-state index >= 15 is 0 Å². The Morgan fingerprint density at radius 3 is 2.19 bits per heavy atom. The maximum absolute atomic E-state index is 11.2. The van der Waals surface area contributed by atoms with Gasteiger partial charge in [-0.2, -0.15) is 0 Å². The van der Waals surface area contributed by atoms with E-state index in [2.05, 4.69) is 28.8 Å². The lowest BCUT2D eigenvalue weighted by Gasteiger charge is -2.12. The van der Waals surface area contributed by atoms with Crippen molar-refractivity contribution < 1.29 is 24.1 Å². The second-order valence-corrected chi connectivity index (χ2v) is 8.75. The van der Waals surface area contributed by atoms with Gasteiger partial charge in [0.2, 0.25) is 0 Å². The fraction of sp³-hybridized carbons (Fsp3) is 0.233. The molecule has 36 heavy (non-hydrogen) atoms. The van der Waals surface area contributed by atoms with Gasteiger partial charge in [0, 0.05) is 28.9 Å². The number of carbonyl (C=O) groups is 1. The van der Waals surface area contributed by atoms with Crippen molar-refractivity contribution in [1.82, 2.24) is 4.57 Å². The SMILES string of the molecule is COc1cc2ccccc2cc1OCCCCOc1ccc2c3ccccc3n(CCC(=O)O)c2c1. The maximum Gasteiger partial charge on any atom is 0.305 e. The fourth-order valence-electron chi connectivity index (χ4n) is 4.61. The summed E-state index contributed by atoms with van der Waals surface area (Å²) >= 11 is 0. The average molecular weight is 484 g/mol. The number of carboxylic acids is 1. The first-order valence-corrected chi connectivity index (χ1v) is 12.2. The van der Waals surface area contributed by atoms with Crippen LogP contribution in [0.4, 0.5) is 0 Å². The number of aromatic nitrogens is 1. The lowest BCUT2D eigenvalue weighted by Crippen LogP contribution is -2.05. The van der Waals surface area contributed by atoms with E-state index in [1.807, 2.05) is 54.6 Å². The lowest BCUT2D eigenvalue weighted by molar-refractivity contribution is -0.137. The van der Waals surface area contributed by atoms with Gasteiger partial charge in [0.05, 0.1) is 32.3 Å². The number of ether oxygens (including phenoxy) is 3. The molecule has 4 aromatic carbocycles. The predicted octanol–water partition coefficient (Wildman–Crippen LogP) is 6.67. The van der Waals surface area contributed by atoms with Gasteiger partial charge in [-0.1, -0.05) is 42.5 Å². The summed E-state index contributed by atoms with van der Waals surface area (Å²) in [6.45, 7) is 1.55. The highest BCUT2D eigenvalue weighted by atomic mass is 16.5. The van der Waals surface area contributed by atoms with Crippen LogP contribution in [0, 0.1) is 0 Å². The highest BCUT2D eigenvalue weighted by Gasteiger charge is 2.12. The van der Waals surface area contributed by atoms with Crippen molar-refractivity contribution in [2.75, 3.05) is 20.3 Å². The minimum Gasteiger partial charge on any atom is -0.494 e. The number of aliphatic carboxylic acids is 1. The molecular weight excluding hydrogens is 454 g/mol. The smallest absolute Gasteiger partial charge is 0.305 e. The van der Waals surface area contributed by atoms with Gasteiger partial charge in [0.15, 0.2) is 11.5 Å². The Hall–Kier alpha value is -4.19. The third-order valence-electron chi connectivity index (χ3n) is 6.39. The molecule has 6 heteroatoms. The lowest BCUT2D eigenvalue weighted by atomic mass is 10.1. The topological polar surface area (TPSA) is 69.9 Å². The summed E-state index contributed by atoms with van der Waals surface area (Å²) in [6, 6.07) is 26.3. The van der Waals surface area contributed by atoms with E-state index in [0.29, 0.717) is 19.8 Å². The normalized spacial score (nSPS) is 11.2. The Balaban J connectivity index is 1.20. The Bertz CT molecular complexity index is 1520. The molecule has 0 spiro atoms. The minimum absolute atomic E-state index is 0.0703. The number of carboxylic acid groups (broad SMARTS) is 1. The van der Waals surface area contributed by atoms with Crippen molar-refractivity contribution in [3.63, 3.8) is 0 Å². The monoisotopic (exact) mass is 483 g/mol. The van der Waals surface area contributed by atoms with Gasteiger partial charge in [-0.3, -0.25) is 4.79 Å². The molecule has 0 atom stereocenters. The van der Waals surface area contributed by atoms with Crippen molar-refractivity contribution in [2.24, 2.45) is 0 Å². The number of fused-ring (bicyclic) bond motifs is 4. The number of unbranched alkanes of at least 4 members (excludes halogenated alkanes) is 1. The van der Waals surface area contributed by atoms with Crippen molar-refractivity contribution >= 4 is 38.5 Å². The van der Waals surface area contributed by atoms with Crippen molar-refractivity contribution in [3.8, 4) is 17.2 Å². The molecule has 0 fully saturated rings. The van der Waals surface area contributed by atoms with Gasteiger partial charge in [0.25, 0.3) is 0 Å². The number of methoxy groups -OCH3 is 1. The molecule has 0 saturated heterocycles. The minimum atomic E-state index is -0.808. The standard InChI is InChI=1S/C30H29NO5/c1-34-28-18-21-8-2-3-9-22(21)19-29(28)36-17-7-6-16-35-23-12-13-25-24-10-4-5-11-26(24)31(27(25)20-23)15-14-30(32)33/h2-5,8-13,18-20H,6-7,14-17H2,1H3,(H,32,33). The molecule has 1 N–H and O–H groups in total. The summed E-state index contributed by atoms with van der Waals surface area (Å²) in [7, 11) is 1.66. The first-order valence-electron chi connectivity index (χ1n) is 12.2. The van der Waals surface area contributed by atoms with Crippen LogP contribution in [0.25, 0.3) is 32.6 Å². The van der Waals surface area contributed by atoms with E-state index in [1.54, 1.807) is 7.11 Å². The summed E-state index contributed by atoms with van der Waals surface area (Å²) in [5, 5.41) is 13.6. The number of aryl methyl sites for hydroxylation is 1. The van der Waals surface area contributed by atoms with Crippen LogP contribution >= 0.6 is 0 Å². The van der Waals surface area contributed by atoms with Crippen LogP contribution in [0.15, 0.2) is 78.9 Å². The molecule has 1 aromatic heterocycles. The quantitative estimate of drug-likeness (QED) is 0.213. The molecule has 0 aliphatic rings. The maximum atomic E-state index is 11.2. The Morgan fingerprint density at radius 2 is 1.44 bits per heavy atom. The van der Waals surface area contributed by atoms with Gasteiger partial charge >= 0.3 is 5.97 Å². The van der Waals surface area contributed by atoms with Crippen LogP contribution in [0.5, 0.6) is 17.2 Å². The molecule has 5 rings (SSSR count). The highest BCUT2D eigenvalue weighted by molar-refractivity contribution is 6.08. The third kappa shape index (κ3) is 4.93. The van der Waals surface area contributed by atoms with E-state index in [1.165, 1.54) is 0 Å². The summed E-state index contributed by atoms with van der Waals surface area (Å²) in [6.07, 6.45) is 1.76. The Labute approximate surface area is 209 Å². The van der Waals surface area contributed by atoms with Crippen molar-refractivity contribution in [1.29, 1.82) is 0 Å². The number of benzene rings is 4. The van der Waals surface area contributed by atoms with Crippen LogP contribution in [-0.2, 0) is 11.3 Å². The van der Waals surface area contributed by atoms with E-state index in [0.717, 1.165) is 62.7 Å². The molecule has 0 saturated carbocycles. The predicted molar refractivity (Wildman–Crippen MR) is 142 cm³/mol. The third-order valence-corrected chi connectivity index (χ3v) is 6.39. The molecule has 0 radical (unpaired) electrons. The molecule has 0 amide bonds. The summed E-state index contributed by atoms with van der Waals surface area (Å²) in [5.41, 5.74) is 2.02. The van der Waals surface area contributed by atoms with E-state index < -0.39 is 5.97 Å². The largest absolute Gasteiger partial charge is 0.494 e. The first-order chi connectivity index (χ1) is 17.6. The van der Waals surface area contributed by atoms with Gasteiger partial charge in [0.1, 0.15) is 5.75 Å². The number of nitrogens with zero attached hydrogens (tertiary/aromatic N) is 1. The zero-order chi connectivity index (χ0) is 24.9. The molecule has 184 valence electrons. The van der Waals surface area contributed by atoms with Crippen LogP contribution < -0.4 is 14.2 Å². The van der Waals surface area contributed by atoms with Gasteiger partial charge < -0.3 is 23.9 Å². The van der Waals surface area contributed by atoms with Gasteiger partial charge in [-0.15, -0.1) is 0 Å². The molecular formula is C30H29NO5. The zero-order valence-corrected chi connectivity index (χ0v) is 20.3. The zero-order valence-electron chi connectivity index (χ0n) is 20.3. The molecule has 0 aliphatic carbocycles. The van der Waals surface area contributed by atoms with Gasteiger partial charge in [-0.05, 0) is 53.9 Å². The molecule has 5 aromatic rings. The second kappa shape index (κ2) is 10.6. The van der Waals surface area contributed by atoms with Gasteiger partial charge in [-0.25, -0.2) is 0 Å². The number of para-hydroxylation sites is 1. The summed E-state index contributed by atoms with van der Waals surface area (Å²) < 4.78 is 19.6. The van der Waals surface area contributed by atoms with E-state index in [-0.39, 0.29) is 6.42 Å². The highest BCUT2D eigenvalue weighted by Crippen LogP contribution is 2.33. The molecule has 6 nitrogen and oxygen atoms in total. The average Bonchev–Trinajstić information content (AvgIpc) is 3.21. The Kier molecular flexibility index (Phi) is 6.94. The Morgan fingerprint density at radius 1 is 0.778 bits per heavy atom. The van der Waals surface area contributed by atoms with Crippen LogP contribution in [0.2, 0.25) is 0 Å². The second-order valence-electron chi connectivity index (χ2n) is 8.75. The number of hydrogen-bond donors (Lipinski definition) is 1. The number of hydrogen-bond acceptors (Lipinski definition) is 4. The summed E-state index contributed by atoms with van der Waals surface area (Å²) in [4.78, 5) is 11.2. The number of rotatable bonds is 11. The van der Waals surface area contributed by atoms with E-state index in [9.17, 15) is 9.90 Å². The van der Waals surface area contributed by atoms with Crippen LogP contribution in [0.3, 0.4) is 0 Å². The molecule has 0 unspecified atom stereocenters. The van der Waals surface area contributed by atoms with Crippen LogP contribution in [0.1, 0.15) is 19.3 Å². The molecule has 0 aliphatic heterocycles. The van der Waals surface area contributed by atoms with E-state index in [4.69, 9.17) is 14.2 Å². The summed E-state index contributed by atoms with van der Waals surface area (Å²) in [5.74, 6) is 1.45. The molecule has 1 heterocycles. The fourth-order valence-corrected chi connectivity index (χ4v) is 4.61. The van der Waals surface area contributed by atoms with Crippen LogP contribution in [-0.4, -0.2) is 36.0 Å². The molecule has 0 bridgehead atoms.